The lowest BCUT2D eigenvalue weighted by molar-refractivity contribution is 0.338. The Hall–Kier alpha value is -3.75. The fraction of sp³-hybridized carbons (Fsp3) is 0.111. The van der Waals surface area contributed by atoms with Crippen LogP contribution < -0.4 is 10.5 Å². The van der Waals surface area contributed by atoms with Crippen molar-refractivity contribution in [1.82, 2.24) is 25.1 Å². The van der Waals surface area contributed by atoms with Gasteiger partial charge in [0, 0.05) is 5.56 Å². The summed E-state index contributed by atoms with van der Waals surface area (Å²) >= 11 is 0. The van der Waals surface area contributed by atoms with Crippen LogP contribution in [0.5, 0.6) is 5.75 Å². The highest BCUT2D eigenvalue weighted by molar-refractivity contribution is 5.67. The number of nitrogen functional groups attached to an aromatic ring is 1. The number of benzene rings is 2. The van der Waals surface area contributed by atoms with Crippen LogP contribution in [0.15, 0.2) is 53.1 Å². The molecule has 136 valence electrons. The lowest BCUT2D eigenvalue weighted by Gasteiger charge is -2.10. The van der Waals surface area contributed by atoms with Gasteiger partial charge in [0.05, 0.1) is 6.61 Å². The average molecular weight is 366 g/mol. The fourth-order valence-corrected chi connectivity index (χ4v) is 2.57. The average Bonchev–Trinajstić information content (AvgIpc) is 3.30. The second-order valence-electron chi connectivity index (χ2n) is 5.57. The summed E-state index contributed by atoms with van der Waals surface area (Å²) < 4.78 is 25.4. The summed E-state index contributed by atoms with van der Waals surface area (Å²) in [6.07, 6.45) is 0. The van der Waals surface area contributed by atoms with Gasteiger partial charge in [-0.15, -0.1) is 5.10 Å². The maximum absolute atomic E-state index is 13.1. The Morgan fingerprint density at radius 1 is 1.15 bits per heavy atom. The first kappa shape index (κ1) is 16.7. The Morgan fingerprint density at radius 2 is 1.93 bits per heavy atom. The van der Waals surface area contributed by atoms with Crippen LogP contribution in [0.4, 0.5) is 10.2 Å². The van der Waals surface area contributed by atoms with Gasteiger partial charge < -0.3 is 15.0 Å². The first-order valence-corrected chi connectivity index (χ1v) is 8.20. The van der Waals surface area contributed by atoms with Gasteiger partial charge in [0.15, 0.2) is 11.5 Å². The van der Waals surface area contributed by atoms with E-state index in [1.807, 2.05) is 31.2 Å². The minimum absolute atomic E-state index is 0.118. The van der Waals surface area contributed by atoms with E-state index >= 15 is 0 Å². The molecule has 0 unspecified atom stereocenters. The standard InChI is InChI=1S/C18H15FN6O2/c1-2-26-14-6-4-3-5-13(14)25-16(20)15(22-24-25)18-21-17(23-27-18)11-7-9-12(19)10-8-11/h3-10H,2,20H2,1H3. The van der Waals surface area contributed by atoms with Crippen LogP contribution >= 0.6 is 0 Å². The highest BCUT2D eigenvalue weighted by Crippen LogP contribution is 2.29. The van der Waals surface area contributed by atoms with Gasteiger partial charge in [-0.2, -0.15) is 9.67 Å². The third kappa shape index (κ3) is 3.10. The molecule has 8 nitrogen and oxygen atoms in total. The molecule has 2 heterocycles. The Kier molecular flexibility index (Phi) is 4.25. The zero-order chi connectivity index (χ0) is 18.8. The molecule has 0 bridgehead atoms. The van der Waals surface area contributed by atoms with Crippen LogP contribution in [0.25, 0.3) is 28.7 Å². The highest BCUT2D eigenvalue weighted by Gasteiger charge is 2.21. The van der Waals surface area contributed by atoms with E-state index in [2.05, 4.69) is 20.5 Å². The van der Waals surface area contributed by atoms with E-state index in [4.69, 9.17) is 15.0 Å². The molecular formula is C18H15FN6O2. The smallest absolute Gasteiger partial charge is 0.282 e. The topological polar surface area (TPSA) is 105 Å². The molecular weight excluding hydrogens is 351 g/mol. The molecule has 4 aromatic rings. The van der Waals surface area contributed by atoms with Crippen LogP contribution in [-0.2, 0) is 0 Å². The zero-order valence-corrected chi connectivity index (χ0v) is 14.3. The van der Waals surface area contributed by atoms with Gasteiger partial charge in [-0.3, -0.25) is 0 Å². The first-order valence-electron chi connectivity index (χ1n) is 8.20. The Labute approximate surface area is 153 Å². The predicted octanol–water partition coefficient (Wildman–Crippen LogP) is 3.10. The number of hydrogen-bond acceptors (Lipinski definition) is 7. The molecule has 27 heavy (non-hydrogen) atoms. The Balaban J connectivity index is 1.70. The number of ether oxygens (including phenoxy) is 1. The van der Waals surface area contributed by atoms with Crippen LogP contribution in [0, 0.1) is 5.82 Å². The second kappa shape index (κ2) is 6.87. The van der Waals surface area contributed by atoms with E-state index < -0.39 is 0 Å². The summed E-state index contributed by atoms with van der Waals surface area (Å²) in [5.41, 5.74) is 7.71. The van der Waals surface area contributed by atoms with Crippen molar-refractivity contribution in [2.45, 2.75) is 6.92 Å². The summed E-state index contributed by atoms with van der Waals surface area (Å²) in [6, 6.07) is 13.1. The number of aromatic nitrogens is 5. The monoisotopic (exact) mass is 366 g/mol. The SMILES string of the molecule is CCOc1ccccc1-n1nnc(-c2nc(-c3ccc(F)cc3)no2)c1N. The number of nitrogens with two attached hydrogens (primary N) is 1. The minimum Gasteiger partial charge on any atom is -0.492 e. The van der Waals surface area contributed by atoms with Crippen molar-refractivity contribution < 1.29 is 13.7 Å². The number of nitrogens with zero attached hydrogens (tertiary/aromatic N) is 5. The second-order valence-corrected chi connectivity index (χ2v) is 5.57. The zero-order valence-electron chi connectivity index (χ0n) is 14.3. The Morgan fingerprint density at radius 3 is 2.70 bits per heavy atom. The van der Waals surface area contributed by atoms with Crippen molar-refractivity contribution in [2.24, 2.45) is 0 Å². The van der Waals surface area contributed by atoms with E-state index in [1.165, 1.54) is 16.8 Å². The summed E-state index contributed by atoms with van der Waals surface area (Å²) in [5, 5.41) is 12.0. The molecule has 0 aliphatic rings. The van der Waals surface area contributed by atoms with Crippen molar-refractivity contribution in [3.63, 3.8) is 0 Å². The van der Waals surface area contributed by atoms with Crippen molar-refractivity contribution in [1.29, 1.82) is 0 Å². The van der Waals surface area contributed by atoms with Gasteiger partial charge in [0.2, 0.25) is 5.82 Å². The largest absolute Gasteiger partial charge is 0.492 e. The van der Waals surface area contributed by atoms with E-state index in [0.29, 0.717) is 29.4 Å². The molecule has 0 aliphatic carbocycles. The molecule has 2 aromatic carbocycles. The van der Waals surface area contributed by atoms with Gasteiger partial charge in [-0.1, -0.05) is 22.5 Å². The Bertz CT molecular complexity index is 1070. The predicted molar refractivity (Wildman–Crippen MR) is 95.6 cm³/mol. The van der Waals surface area contributed by atoms with E-state index in [-0.39, 0.29) is 23.2 Å². The molecule has 0 atom stereocenters. The van der Waals surface area contributed by atoms with Gasteiger partial charge in [-0.25, -0.2) is 4.39 Å². The lowest BCUT2D eigenvalue weighted by atomic mass is 10.2. The molecule has 0 saturated carbocycles. The lowest BCUT2D eigenvalue weighted by Crippen LogP contribution is -2.05. The molecule has 9 heteroatoms. The maximum Gasteiger partial charge on any atom is 0.282 e. The number of halogens is 1. The summed E-state index contributed by atoms with van der Waals surface area (Å²) in [4.78, 5) is 4.28. The number of hydrogen-bond donors (Lipinski definition) is 1. The van der Waals surface area contributed by atoms with Gasteiger partial charge in [0.25, 0.3) is 5.89 Å². The quantitative estimate of drug-likeness (QED) is 0.578. The van der Waals surface area contributed by atoms with E-state index in [0.717, 1.165) is 0 Å². The molecule has 0 aliphatic heterocycles. The van der Waals surface area contributed by atoms with Crippen molar-refractivity contribution >= 4 is 5.82 Å². The summed E-state index contributed by atoms with van der Waals surface area (Å²) in [7, 11) is 0. The van der Waals surface area contributed by atoms with E-state index in [1.54, 1.807) is 12.1 Å². The molecule has 0 saturated heterocycles. The van der Waals surface area contributed by atoms with Crippen molar-refractivity contribution in [2.75, 3.05) is 12.3 Å². The molecule has 0 fully saturated rings. The van der Waals surface area contributed by atoms with Crippen molar-refractivity contribution in [3.05, 3.63) is 54.3 Å². The van der Waals surface area contributed by atoms with Crippen LogP contribution in [0.2, 0.25) is 0 Å². The minimum atomic E-state index is -0.345. The van der Waals surface area contributed by atoms with Crippen molar-refractivity contribution in [3.8, 4) is 34.4 Å². The van der Waals surface area contributed by atoms with Gasteiger partial charge in [0.1, 0.15) is 17.3 Å². The van der Waals surface area contributed by atoms with Crippen LogP contribution in [0.3, 0.4) is 0 Å². The molecule has 0 amide bonds. The van der Waals surface area contributed by atoms with Crippen LogP contribution in [0.1, 0.15) is 6.92 Å². The van der Waals surface area contributed by atoms with E-state index in [9.17, 15) is 4.39 Å². The number of rotatable bonds is 5. The number of anilines is 1. The molecule has 0 radical (unpaired) electrons. The maximum atomic E-state index is 13.1. The summed E-state index contributed by atoms with van der Waals surface area (Å²) in [6.45, 7) is 2.39. The molecule has 2 aromatic heterocycles. The van der Waals surface area contributed by atoms with Gasteiger partial charge in [-0.05, 0) is 43.3 Å². The van der Waals surface area contributed by atoms with Crippen LogP contribution in [-0.4, -0.2) is 31.7 Å². The molecule has 4 rings (SSSR count). The summed E-state index contributed by atoms with van der Waals surface area (Å²) in [5.74, 6) is 0.931. The highest BCUT2D eigenvalue weighted by atomic mass is 19.1. The fourth-order valence-electron chi connectivity index (χ4n) is 2.57. The first-order chi connectivity index (χ1) is 13.2. The van der Waals surface area contributed by atoms with Gasteiger partial charge >= 0.3 is 0 Å². The molecule has 0 spiro atoms. The number of para-hydroxylation sites is 2. The third-order valence-corrected chi connectivity index (χ3v) is 3.83. The third-order valence-electron chi connectivity index (χ3n) is 3.83. The normalized spacial score (nSPS) is 10.9. The molecule has 2 N–H and O–H groups in total.